The van der Waals surface area contributed by atoms with E-state index < -0.39 is 11.3 Å². The fraction of sp³-hybridized carbons (Fsp3) is 0.267. The molecule has 0 bridgehead atoms. The van der Waals surface area contributed by atoms with Gasteiger partial charge in [0, 0.05) is 61.8 Å². The first kappa shape index (κ1) is 25.4. The Labute approximate surface area is 220 Å². The Morgan fingerprint density at radius 3 is 2.32 bits per heavy atom. The van der Waals surface area contributed by atoms with Gasteiger partial charge >= 0.3 is 0 Å². The number of aromatic hydroxyl groups is 2. The molecule has 2 N–H and O–H groups in total. The molecule has 0 unspecified atom stereocenters. The van der Waals surface area contributed by atoms with Crippen molar-refractivity contribution in [1.29, 1.82) is 0 Å². The van der Waals surface area contributed by atoms with E-state index in [0.29, 0.717) is 30.2 Å². The predicted octanol–water partition coefficient (Wildman–Crippen LogP) is 4.18. The minimum absolute atomic E-state index is 0.0389. The molecular weight excluding hydrogens is 484 g/mol. The average molecular weight is 515 g/mol. The van der Waals surface area contributed by atoms with Gasteiger partial charge in [-0.3, -0.25) is 9.59 Å². The fourth-order valence-electron chi connectivity index (χ4n) is 4.99. The van der Waals surface area contributed by atoms with Gasteiger partial charge in [0.15, 0.2) is 5.43 Å². The van der Waals surface area contributed by atoms with E-state index in [1.165, 1.54) is 6.07 Å². The highest BCUT2D eigenvalue weighted by Gasteiger charge is 2.30. The Kier molecular flexibility index (Phi) is 7.07. The first-order valence-corrected chi connectivity index (χ1v) is 12.5. The van der Waals surface area contributed by atoms with Crippen molar-refractivity contribution in [2.75, 3.05) is 40.3 Å². The van der Waals surface area contributed by atoms with Crippen LogP contribution in [0.2, 0.25) is 0 Å². The number of likely N-dealkylation sites (N-methyl/N-ethyl adjacent to an activating group) is 1. The number of hydrogen-bond donors (Lipinski definition) is 2. The van der Waals surface area contributed by atoms with Gasteiger partial charge in [0.1, 0.15) is 34.0 Å². The normalized spacial score (nSPS) is 14.9. The zero-order valence-corrected chi connectivity index (χ0v) is 21.4. The lowest BCUT2D eigenvalue weighted by atomic mass is 9.86. The lowest BCUT2D eigenvalue weighted by molar-refractivity contribution is -0.133. The molecule has 196 valence electrons. The quantitative estimate of drug-likeness (QED) is 0.398. The van der Waals surface area contributed by atoms with Crippen LogP contribution in [-0.2, 0) is 4.79 Å². The Hall–Kier alpha value is -4.30. The molecule has 1 fully saturated rings. The van der Waals surface area contributed by atoms with Crippen LogP contribution in [0.4, 0.5) is 0 Å². The molecular formula is C30H30N2O6. The van der Waals surface area contributed by atoms with Crippen molar-refractivity contribution in [1.82, 2.24) is 9.80 Å². The SMILES string of the molecule is COc1ccc([C@@H](CC(=O)N2CCN(C)CC2)c2c(O)cc(O)c3c(=O)cc(-c4ccccc4)oc23)cc1. The number of phenolic OH excluding ortho intramolecular Hbond substituents is 2. The lowest BCUT2D eigenvalue weighted by Crippen LogP contribution is -2.47. The number of carbonyl (C=O) groups excluding carboxylic acids is 1. The van der Waals surface area contributed by atoms with Crippen molar-refractivity contribution in [3.8, 4) is 28.6 Å². The van der Waals surface area contributed by atoms with E-state index in [1.807, 2.05) is 54.4 Å². The summed E-state index contributed by atoms with van der Waals surface area (Å²) < 4.78 is 11.5. The Morgan fingerprint density at radius 1 is 0.974 bits per heavy atom. The number of ether oxygens (including phenoxy) is 1. The second-order valence-corrected chi connectivity index (χ2v) is 9.59. The Morgan fingerprint density at radius 2 is 1.66 bits per heavy atom. The maximum Gasteiger partial charge on any atom is 0.223 e. The van der Waals surface area contributed by atoms with Gasteiger partial charge in [0.25, 0.3) is 0 Å². The summed E-state index contributed by atoms with van der Waals surface area (Å²) >= 11 is 0. The van der Waals surface area contributed by atoms with Crippen molar-refractivity contribution in [3.63, 3.8) is 0 Å². The second-order valence-electron chi connectivity index (χ2n) is 9.59. The third-order valence-corrected chi connectivity index (χ3v) is 7.16. The number of fused-ring (bicyclic) bond motifs is 1. The molecule has 1 amide bonds. The highest BCUT2D eigenvalue weighted by atomic mass is 16.5. The number of amides is 1. The van der Waals surface area contributed by atoms with E-state index in [-0.39, 0.29) is 40.4 Å². The summed E-state index contributed by atoms with van der Waals surface area (Å²) in [6.07, 6.45) is 0.0444. The van der Waals surface area contributed by atoms with Crippen LogP contribution in [0.15, 0.2) is 75.9 Å². The third kappa shape index (κ3) is 4.95. The summed E-state index contributed by atoms with van der Waals surface area (Å²) in [6, 6.07) is 18.8. The van der Waals surface area contributed by atoms with E-state index in [2.05, 4.69) is 4.90 Å². The molecule has 5 rings (SSSR count). The maximum absolute atomic E-state index is 13.5. The highest BCUT2D eigenvalue weighted by Crippen LogP contribution is 2.43. The van der Waals surface area contributed by atoms with Crippen molar-refractivity contribution < 1.29 is 24.2 Å². The van der Waals surface area contributed by atoms with Crippen LogP contribution in [-0.4, -0.2) is 66.3 Å². The van der Waals surface area contributed by atoms with Gasteiger partial charge in [-0.15, -0.1) is 0 Å². The number of methoxy groups -OCH3 is 1. The first-order valence-electron chi connectivity index (χ1n) is 12.5. The maximum atomic E-state index is 13.5. The molecule has 0 spiro atoms. The van der Waals surface area contributed by atoms with E-state index >= 15 is 0 Å². The molecule has 1 aliphatic heterocycles. The molecule has 1 atom stereocenters. The van der Waals surface area contributed by atoms with Crippen LogP contribution in [0.5, 0.6) is 17.2 Å². The smallest absolute Gasteiger partial charge is 0.223 e. The summed E-state index contributed by atoms with van der Waals surface area (Å²) in [5.41, 5.74) is 1.31. The number of benzene rings is 3. The van der Waals surface area contributed by atoms with Crippen molar-refractivity contribution >= 4 is 16.9 Å². The Bertz CT molecular complexity index is 1510. The molecule has 2 heterocycles. The number of phenols is 2. The number of hydrogen-bond acceptors (Lipinski definition) is 7. The minimum Gasteiger partial charge on any atom is -0.507 e. The van der Waals surface area contributed by atoms with Gasteiger partial charge in [0.05, 0.1) is 7.11 Å². The van der Waals surface area contributed by atoms with Crippen LogP contribution in [0.25, 0.3) is 22.3 Å². The van der Waals surface area contributed by atoms with E-state index in [0.717, 1.165) is 24.7 Å². The summed E-state index contributed by atoms with van der Waals surface area (Å²) in [7, 11) is 3.59. The average Bonchev–Trinajstić information content (AvgIpc) is 2.92. The molecule has 1 saturated heterocycles. The van der Waals surface area contributed by atoms with E-state index in [4.69, 9.17) is 9.15 Å². The third-order valence-electron chi connectivity index (χ3n) is 7.16. The van der Waals surface area contributed by atoms with Gasteiger partial charge in [-0.25, -0.2) is 0 Å². The zero-order chi connectivity index (χ0) is 26.8. The topological polar surface area (TPSA) is 103 Å². The minimum atomic E-state index is -0.648. The fourth-order valence-corrected chi connectivity index (χ4v) is 4.99. The van der Waals surface area contributed by atoms with E-state index in [1.54, 1.807) is 19.2 Å². The monoisotopic (exact) mass is 514 g/mol. The predicted molar refractivity (Wildman–Crippen MR) is 145 cm³/mol. The highest BCUT2D eigenvalue weighted by molar-refractivity contribution is 5.91. The van der Waals surface area contributed by atoms with Crippen LogP contribution in [0.1, 0.15) is 23.5 Å². The van der Waals surface area contributed by atoms with Crippen LogP contribution < -0.4 is 10.2 Å². The summed E-state index contributed by atoms with van der Waals surface area (Å²) in [5, 5.41) is 21.7. The second kappa shape index (κ2) is 10.6. The molecule has 1 aromatic heterocycles. The molecule has 0 saturated carbocycles. The van der Waals surface area contributed by atoms with Gasteiger partial charge in [0.2, 0.25) is 5.91 Å². The molecule has 0 aliphatic carbocycles. The number of nitrogens with zero attached hydrogens (tertiary/aromatic N) is 2. The van der Waals surface area contributed by atoms with Crippen LogP contribution in [0.3, 0.4) is 0 Å². The van der Waals surface area contributed by atoms with Gasteiger partial charge < -0.3 is 29.2 Å². The van der Waals surface area contributed by atoms with Gasteiger partial charge in [-0.1, -0.05) is 42.5 Å². The summed E-state index contributed by atoms with van der Waals surface area (Å²) in [5.74, 6) is -0.404. The molecule has 1 aliphatic rings. The molecule has 38 heavy (non-hydrogen) atoms. The number of rotatable bonds is 6. The van der Waals surface area contributed by atoms with Gasteiger partial charge in [-0.2, -0.15) is 0 Å². The molecule has 3 aromatic carbocycles. The van der Waals surface area contributed by atoms with Crippen molar-refractivity contribution in [3.05, 3.63) is 88.1 Å². The largest absolute Gasteiger partial charge is 0.507 e. The first-order chi connectivity index (χ1) is 18.4. The van der Waals surface area contributed by atoms with Crippen molar-refractivity contribution in [2.45, 2.75) is 12.3 Å². The van der Waals surface area contributed by atoms with Gasteiger partial charge in [-0.05, 0) is 24.7 Å². The molecule has 4 aromatic rings. The van der Waals surface area contributed by atoms with Crippen LogP contribution >= 0.6 is 0 Å². The number of piperazine rings is 1. The Balaban J connectivity index is 1.68. The standard InChI is InChI=1S/C30H30N2O6/c1-31-12-14-32(15-13-31)27(36)16-22(19-8-10-21(37-2)11-9-19)28-23(33)17-24(34)29-25(35)18-26(38-30(28)29)20-6-4-3-5-7-20/h3-11,17-18,22,33-34H,12-16H2,1-2H3/t22-/m1/s1. The number of carbonyl (C=O) groups is 1. The zero-order valence-electron chi connectivity index (χ0n) is 21.4. The molecule has 8 heteroatoms. The molecule has 0 radical (unpaired) electrons. The van der Waals surface area contributed by atoms with Crippen molar-refractivity contribution in [2.24, 2.45) is 0 Å². The molecule has 8 nitrogen and oxygen atoms in total. The summed E-state index contributed by atoms with van der Waals surface area (Å²) in [6.45, 7) is 2.78. The lowest BCUT2D eigenvalue weighted by Gasteiger charge is -2.33. The van der Waals surface area contributed by atoms with E-state index in [9.17, 15) is 19.8 Å². The van der Waals surface area contributed by atoms with Crippen LogP contribution in [0, 0.1) is 0 Å². The summed E-state index contributed by atoms with van der Waals surface area (Å²) in [4.78, 5) is 30.7.